The van der Waals surface area contributed by atoms with Crippen LogP contribution in [0.4, 0.5) is 18.3 Å². The van der Waals surface area contributed by atoms with Gasteiger partial charge in [-0.1, -0.05) is 13.8 Å². The van der Waals surface area contributed by atoms with Crippen LogP contribution < -0.4 is 10.2 Å². The highest BCUT2D eigenvalue weighted by molar-refractivity contribution is 7.15. The molecule has 0 atom stereocenters. The predicted octanol–water partition coefficient (Wildman–Crippen LogP) is 3.03. The average molecular weight is 281 g/mol. The molecule has 0 saturated carbocycles. The van der Waals surface area contributed by atoms with Gasteiger partial charge in [-0.25, -0.2) is 4.98 Å². The number of alkyl halides is 3. The number of thiazole rings is 1. The second kappa shape index (κ2) is 6.38. The maximum atomic E-state index is 12.1. The van der Waals surface area contributed by atoms with Gasteiger partial charge in [0, 0.05) is 37.3 Å². The third-order valence-corrected chi connectivity index (χ3v) is 3.39. The van der Waals surface area contributed by atoms with Gasteiger partial charge in [0.2, 0.25) is 0 Å². The van der Waals surface area contributed by atoms with Gasteiger partial charge < -0.3 is 10.2 Å². The van der Waals surface area contributed by atoms with Gasteiger partial charge in [0.25, 0.3) is 0 Å². The Bertz CT molecular complexity index is 363. The Hall–Kier alpha value is -0.820. The first-order chi connectivity index (χ1) is 8.28. The third kappa shape index (κ3) is 5.68. The van der Waals surface area contributed by atoms with E-state index >= 15 is 0 Å². The maximum absolute atomic E-state index is 12.1. The first-order valence-corrected chi connectivity index (χ1v) is 6.55. The number of hydrogen-bond acceptors (Lipinski definition) is 4. The molecule has 1 aromatic heterocycles. The number of anilines is 1. The van der Waals surface area contributed by atoms with E-state index in [0.29, 0.717) is 17.7 Å². The summed E-state index contributed by atoms with van der Waals surface area (Å²) in [4.78, 5) is 6.70. The van der Waals surface area contributed by atoms with Crippen LogP contribution in [0.25, 0.3) is 0 Å². The highest BCUT2D eigenvalue weighted by Gasteiger charge is 2.27. The first kappa shape index (κ1) is 15.2. The summed E-state index contributed by atoms with van der Waals surface area (Å²) in [5, 5.41) is 3.87. The van der Waals surface area contributed by atoms with Gasteiger partial charge >= 0.3 is 6.18 Å². The minimum absolute atomic E-state index is 0.0614. The van der Waals surface area contributed by atoms with Crippen molar-refractivity contribution in [1.82, 2.24) is 10.3 Å². The molecular formula is C11H18F3N3S. The average Bonchev–Trinajstić information content (AvgIpc) is 2.70. The molecule has 1 heterocycles. The van der Waals surface area contributed by atoms with Crippen LogP contribution in [0.15, 0.2) is 6.20 Å². The van der Waals surface area contributed by atoms with Crippen molar-refractivity contribution in [3.63, 3.8) is 0 Å². The molecule has 3 nitrogen and oxygen atoms in total. The normalized spacial score (nSPS) is 12.2. The minimum atomic E-state index is -4.12. The molecule has 0 unspecified atom stereocenters. The number of halogens is 3. The summed E-state index contributed by atoms with van der Waals surface area (Å²) in [6.07, 6.45) is -3.23. The van der Waals surface area contributed by atoms with Crippen molar-refractivity contribution in [2.24, 2.45) is 0 Å². The van der Waals surface area contributed by atoms with Crippen LogP contribution in [0.2, 0.25) is 0 Å². The zero-order chi connectivity index (χ0) is 13.8. The van der Waals surface area contributed by atoms with Crippen LogP contribution >= 0.6 is 11.3 Å². The third-order valence-electron chi connectivity index (χ3n) is 2.28. The van der Waals surface area contributed by atoms with Crippen molar-refractivity contribution in [3.05, 3.63) is 11.1 Å². The zero-order valence-electron chi connectivity index (χ0n) is 10.7. The van der Waals surface area contributed by atoms with E-state index in [2.05, 4.69) is 10.3 Å². The van der Waals surface area contributed by atoms with Crippen LogP contribution in [0, 0.1) is 0 Å². The molecule has 0 aliphatic heterocycles. The van der Waals surface area contributed by atoms with Crippen molar-refractivity contribution in [3.8, 4) is 0 Å². The van der Waals surface area contributed by atoms with E-state index in [1.807, 2.05) is 13.8 Å². The molecule has 0 radical (unpaired) electrons. The smallest absolute Gasteiger partial charge is 0.351 e. The highest BCUT2D eigenvalue weighted by atomic mass is 32.1. The lowest BCUT2D eigenvalue weighted by atomic mass is 10.4. The lowest BCUT2D eigenvalue weighted by Gasteiger charge is -2.16. The van der Waals surface area contributed by atoms with E-state index in [0.717, 1.165) is 4.88 Å². The molecule has 0 bridgehead atoms. The number of hydrogen-bond donors (Lipinski definition) is 1. The van der Waals surface area contributed by atoms with Crippen molar-refractivity contribution < 1.29 is 13.2 Å². The topological polar surface area (TPSA) is 28.2 Å². The van der Waals surface area contributed by atoms with Crippen LogP contribution in [0.5, 0.6) is 0 Å². The lowest BCUT2D eigenvalue weighted by molar-refractivity contribution is -0.132. The van der Waals surface area contributed by atoms with Crippen LogP contribution in [0.3, 0.4) is 0 Å². The monoisotopic (exact) mass is 281 g/mol. The first-order valence-electron chi connectivity index (χ1n) is 5.74. The molecule has 0 aromatic carbocycles. The van der Waals surface area contributed by atoms with Crippen molar-refractivity contribution in [2.45, 2.75) is 39.0 Å². The van der Waals surface area contributed by atoms with Gasteiger partial charge in [-0.05, 0) is 0 Å². The van der Waals surface area contributed by atoms with E-state index in [1.165, 1.54) is 16.2 Å². The predicted molar refractivity (Wildman–Crippen MR) is 68.0 cm³/mol. The van der Waals surface area contributed by atoms with Crippen molar-refractivity contribution >= 4 is 16.5 Å². The Kier molecular flexibility index (Phi) is 5.40. The number of nitrogens with zero attached hydrogens (tertiary/aromatic N) is 2. The zero-order valence-corrected chi connectivity index (χ0v) is 11.5. The SMILES string of the molecule is CC(C)NCc1cnc(N(C)CCC(F)(F)F)s1. The van der Waals surface area contributed by atoms with Gasteiger partial charge in [-0.2, -0.15) is 13.2 Å². The second-order valence-corrected chi connectivity index (χ2v) is 5.53. The second-order valence-electron chi connectivity index (χ2n) is 4.43. The Balaban J connectivity index is 2.46. The lowest BCUT2D eigenvalue weighted by Crippen LogP contribution is -2.23. The number of rotatable bonds is 6. The van der Waals surface area contributed by atoms with E-state index in [9.17, 15) is 13.2 Å². The molecule has 18 heavy (non-hydrogen) atoms. The van der Waals surface area contributed by atoms with Gasteiger partial charge in [0.15, 0.2) is 5.13 Å². The summed E-state index contributed by atoms with van der Waals surface area (Å²) < 4.78 is 36.3. The van der Waals surface area contributed by atoms with Gasteiger partial charge in [0.05, 0.1) is 6.42 Å². The fourth-order valence-electron chi connectivity index (χ4n) is 1.25. The largest absolute Gasteiger partial charge is 0.390 e. The molecule has 0 aliphatic rings. The summed E-state index contributed by atoms with van der Waals surface area (Å²) in [5.41, 5.74) is 0. The molecular weight excluding hydrogens is 263 g/mol. The Labute approximate surface area is 109 Å². The summed E-state index contributed by atoms with van der Waals surface area (Å²) >= 11 is 1.42. The van der Waals surface area contributed by atoms with E-state index < -0.39 is 12.6 Å². The number of aromatic nitrogens is 1. The summed E-state index contributed by atoms with van der Waals surface area (Å²) in [6, 6.07) is 0.374. The fraction of sp³-hybridized carbons (Fsp3) is 0.727. The summed E-state index contributed by atoms with van der Waals surface area (Å²) in [6.45, 7) is 4.71. The highest BCUT2D eigenvalue weighted by Crippen LogP contribution is 2.24. The van der Waals surface area contributed by atoms with Gasteiger partial charge in [-0.3, -0.25) is 0 Å². The van der Waals surface area contributed by atoms with Crippen LogP contribution in [0.1, 0.15) is 25.1 Å². The molecule has 0 fully saturated rings. The van der Waals surface area contributed by atoms with Crippen molar-refractivity contribution in [1.29, 1.82) is 0 Å². The van der Waals surface area contributed by atoms with Crippen LogP contribution in [-0.4, -0.2) is 30.8 Å². The molecule has 104 valence electrons. The molecule has 7 heteroatoms. The van der Waals surface area contributed by atoms with E-state index in [4.69, 9.17) is 0 Å². The van der Waals surface area contributed by atoms with Gasteiger partial charge in [0.1, 0.15) is 0 Å². The van der Waals surface area contributed by atoms with Crippen molar-refractivity contribution in [2.75, 3.05) is 18.5 Å². The van der Waals surface area contributed by atoms with Gasteiger partial charge in [-0.15, -0.1) is 11.3 Å². The Morgan fingerprint density at radius 1 is 1.44 bits per heavy atom. The molecule has 1 rings (SSSR count). The summed E-state index contributed by atoms with van der Waals surface area (Å²) in [7, 11) is 1.63. The molecule has 0 amide bonds. The van der Waals surface area contributed by atoms with E-state index in [1.54, 1.807) is 13.2 Å². The molecule has 0 aliphatic carbocycles. The fourth-order valence-corrected chi connectivity index (χ4v) is 2.10. The Morgan fingerprint density at radius 3 is 2.67 bits per heavy atom. The Morgan fingerprint density at radius 2 is 2.11 bits per heavy atom. The molecule has 1 aromatic rings. The molecule has 1 N–H and O–H groups in total. The van der Waals surface area contributed by atoms with Crippen LogP contribution in [-0.2, 0) is 6.54 Å². The quantitative estimate of drug-likeness (QED) is 0.868. The standard InChI is InChI=1S/C11H18F3N3S/c1-8(2)15-6-9-7-16-10(18-9)17(3)5-4-11(12,13)14/h7-8,15H,4-6H2,1-3H3. The minimum Gasteiger partial charge on any atom is -0.351 e. The number of nitrogens with one attached hydrogen (secondary N) is 1. The summed E-state index contributed by atoms with van der Waals surface area (Å²) in [5.74, 6) is 0. The molecule has 0 saturated heterocycles. The van der Waals surface area contributed by atoms with E-state index in [-0.39, 0.29) is 6.54 Å². The molecule has 0 spiro atoms. The maximum Gasteiger partial charge on any atom is 0.390 e.